The van der Waals surface area contributed by atoms with Crippen molar-refractivity contribution < 1.29 is 27.5 Å². The molecule has 38 heavy (non-hydrogen) atoms. The first-order chi connectivity index (χ1) is 17.7. The van der Waals surface area contributed by atoms with Crippen molar-refractivity contribution in [3.63, 3.8) is 0 Å². The van der Waals surface area contributed by atoms with Crippen molar-refractivity contribution in [1.82, 2.24) is 10.0 Å². The van der Waals surface area contributed by atoms with Crippen molar-refractivity contribution in [2.45, 2.75) is 49.6 Å². The summed E-state index contributed by atoms with van der Waals surface area (Å²) in [5.41, 5.74) is -0.589. The van der Waals surface area contributed by atoms with Gasteiger partial charge in [0.25, 0.3) is 5.91 Å². The Morgan fingerprint density at radius 2 is 1.47 bits per heavy atom. The van der Waals surface area contributed by atoms with Crippen LogP contribution in [0.5, 0.6) is 0 Å². The fraction of sp³-hybridized carbons (Fsp3) is 0.286. The average Bonchev–Trinajstić information content (AvgIpc) is 2.87. The van der Waals surface area contributed by atoms with Crippen LogP contribution in [0.2, 0.25) is 0 Å². The number of nitrogens with one attached hydrogen (secondary N) is 3. The zero-order valence-corrected chi connectivity index (χ0v) is 22.5. The van der Waals surface area contributed by atoms with Gasteiger partial charge in [0.2, 0.25) is 15.9 Å². The lowest BCUT2D eigenvalue weighted by Crippen LogP contribution is -2.54. The third-order valence-corrected chi connectivity index (χ3v) is 7.84. The molecule has 0 radical (unpaired) electrons. The monoisotopic (exact) mass is 541 g/mol. The van der Waals surface area contributed by atoms with Gasteiger partial charge in [-0.25, -0.2) is 17.5 Å². The molecule has 0 aliphatic rings. The average molecular weight is 542 g/mol. The summed E-state index contributed by atoms with van der Waals surface area (Å²) in [5, 5.41) is 14.9. The maximum Gasteiger partial charge on any atom is 0.251 e. The van der Waals surface area contributed by atoms with E-state index in [1.165, 1.54) is 48.5 Å². The first-order valence-electron chi connectivity index (χ1n) is 11.9. The van der Waals surface area contributed by atoms with Crippen molar-refractivity contribution in [3.8, 4) is 0 Å². The highest BCUT2D eigenvalue weighted by atomic mass is 32.2. The van der Waals surface area contributed by atoms with Gasteiger partial charge in [0.1, 0.15) is 11.9 Å². The van der Waals surface area contributed by atoms with E-state index in [9.17, 15) is 27.5 Å². The first-order valence-corrected chi connectivity index (χ1v) is 13.4. The van der Waals surface area contributed by atoms with Crippen molar-refractivity contribution in [1.29, 1.82) is 0 Å². The predicted molar refractivity (Wildman–Crippen MR) is 144 cm³/mol. The van der Waals surface area contributed by atoms with Gasteiger partial charge in [0.15, 0.2) is 0 Å². The van der Waals surface area contributed by atoms with Gasteiger partial charge in [-0.3, -0.25) is 9.59 Å². The molecular formula is C28H32FN3O5S. The molecule has 0 unspecified atom stereocenters. The fourth-order valence-corrected chi connectivity index (χ4v) is 5.21. The fourth-order valence-electron chi connectivity index (χ4n) is 3.81. The summed E-state index contributed by atoms with van der Waals surface area (Å²) in [5.74, 6) is -1.56. The summed E-state index contributed by atoms with van der Waals surface area (Å²) in [7, 11) is -3.91. The van der Waals surface area contributed by atoms with Gasteiger partial charge in [-0.2, -0.15) is 0 Å². The molecule has 3 aromatic carbocycles. The molecule has 0 aliphatic heterocycles. The lowest BCUT2D eigenvalue weighted by Gasteiger charge is -2.34. The maximum atomic E-state index is 13.5. The van der Waals surface area contributed by atoms with Gasteiger partial charge in [-0.15, -0.1) is 0 Å². The third-order valence-electron chi connectivity index (χ3n) is 6.12. The Kier molecular flexibility index (Phi) is 8.71. The van der Waals surface area contributed by atoms with Crippen molar-refractivity contribution >= 4 is 27.5 Å². The van der Waals surface area contributed by atoms with E-state index in [4.69, 9.17) is 0 Å². The Labute approximate surface area is 222 Å². The number of rotatable bonds is 10. The van der Waals surface area contributed by atoms with Crippen LogP contribution in [0.1, 0.15) is 43.6 Å². The van der Waals surface area contributed by atoms with Crippen LogP contribution in [0.3, 0.4) is 0 Å². The lowest BCUT2D eigenvalue weighted by atomic mass is 9.77. The molecule has 0 spiro atoms. The molecule has 0 saturated carbocycles. The number of aliphatic hydroxyl groups excluding tert-OH is 1. The molecule has 0 aromatic heterocycles. The van der Waals surface area contributed by atoms with E-state index in [2.05, 4.69) is 15.4 Å². The van der Waals surface area contributed by atoms with Crippen molar-refractivity contribution in [2.24, 2.45) is 0 Å². The molecule has 0 fully saturated rings. The second kappa shape index (κ2) is 11.4. The quantitative estimate of drug-likeness (QED) is 0.312. The number of aliphatic hydroxyl groups is 1. The van der Waals surface area contributed by atoms with Crippen LogP contribution in [0.25, 0.3) is 0 Å². The standard InChI is InChI=1S/C28H32FN3O5S/c1-27(2,18-33)32-38(36,37)23-16-14-22(15-17-23)30-26(35)24(28(3,4)20-8-6-5-7-9-20)31-25(34)19-10-12-21(29)13-11-19/h5-17,24,32-33H,18H2,1-4H3,(H,30,35)(H,31,34)/t24-/m1/s1. The summed E-state index contributed by atoms with van der Waals surface area (Å²) >= 11 is 0. The van der Waals surface area contributed by atoms with Crippen LogP contribution >= 0.6 is 0 Å². The molecule has 1 atom stereocenters. The summed E-state index contributed by atoms with van der Waals surface area (Å²) in [6.45, 7) is 6.36. The number of amides is 2. The Balaban J connectivity index is 1.87. The maximum absolute atomic E-state index is 13.5. The van der Waals surface area contributed by atoms with Crippen LogP contribution in [-0.4, -0.2) is 43.5 Å². The Morgan fingerprint density at radius 1 is 0.895 bits per heavy atom. The van der Waals surface area contributed by atoms with Crippen LogP contribution in [0.4, 0.5) is 10.1 Å². The molecule has 3 rings (SSSR count). The van der Waals surface area contributed by atoms with Gasteiger partial charge < -0.3 is 15.7 Å². The van der Waals surface area contributed by atoms with E-state index in [0.29, 0.717) is 5.69 Å². The number of anilines is 1. The molecule has 0 bridgehead atoms. The minimum atomic E-state index is -3.91. The number of carbonyl (C=O) groups excluding carboxylic acids is 2. The lowest BCUT2D eigenvalue weighted by molar-refractivity contribution is -0.119. The molecule has 0 saturated heterocycles. The van der Waals surface area contributed by atoms with E-state index in [0.717, 1.165) is 5.56 Å². The van der Waals surface area contributed by atoms with E-state index < -0.39 is 44.7 Å². The highest BCUT2D eigenvalue weighted by molar-refractivity contribution is 7.89. The summed E-state index contributed by atoms with van der Waals surface area (Å²) in [6.07, 6.45) is 0. The molecule has 202 valence electrons. The summed E-state index contributed by atoms with van der Waals surface area (Å²) in [6, 6.07) is 18.7. The Hall–Kier alpha value is -3.60. The third kappa shape index (κ3) is 7.03. The molecular weight excluding hydrogens is 509 g/mol. The molecule has 3 aromatic rings. The summed E-state index contributed by atoms with van der Waals surface area (Å²) in [4.78, 5) is 26.5. The second-order valence-corrected chi connectivity index (χ2v) is 11.8. The van der Waals surface area contributed by atoms with Gasteiger partial charge in [0, 0.05) is 16.7 Å². The summed E-state index contributed by atoms with van der Waals surface area (Å²) < 4.78 is 41.0. The van der Waals surface area contributed by atoms with Gasteiger partial charge in [0.05, 0.1) is 17.0 Å². The molecule has 0 aliphatic carbocycles. The normalized spacial score (nSPS) is 13.0. The SMILES string of the molecule is CC(C)(CO)NS(=O)(=O)c1ccc(NC(=O)[C@@H](NC(=O)c2ccc(F)cc2)C(C)(C)c2ccccc2)cc1. The highest BCUT2D eigenvalue weighted by Gasteiger charge is 2.38. The number of hydrogen-bond acceptors (Lipinski definition) is 5. The molecule has 0 heterocycles. The zero-order chi connectivity index (χ0) is 28.1. The minimum Gasteiger partial charge on any atom is -0.394 e. The van der Waals surface area contributed by atoms with Crippen molar-refractivity contribution in [2.75, 3.05) is 11.9 Å². The Morgan fingerprint density at radius 3 is 2.03 bits per heavy atom. The van der Waals surface area contributed by atoms with Gasteiger partial charge in [-0.1, -0.05) is 44.2 Å². The van der Waals surface area contributed by atoms with E-state index in [-0.39, 0.29) is 17.1 Å². The van der Waals surface area contributed by atoms with E-state index in [1.54, 1.807) is 13.8 Å². The van der Waals surface area contributed by atoms with Crippen LogP contribution in [0, 0.1) is 5.82 Å². The highest BCUT2D eigenvalue weighted by Crippen LogP contribution is 2.28. The number of carbonyl (C=O) groups is 2. The molecule has 8 nitrogen and oxygen atoms in total. The first kappa shape index (κ1) is 29.0. The zero-order valence-electron chi connectivity index (χ0n) is 21.7. The number of benzene rings is 3. The second-order valence-electron chi connectivity index (χ2n) is 10.2. The molecule has 2 amide bonds. The number of hydrogen-bond donors (Lipinski definition) is 4. The number of halogens is 1. The predicted octanol–water partition coefficient (Wildman–Crippen LogP) is 3.59. The van der Waals surface area contributed by atoms with Crippen LogP contribution in [-0.2, 0) is 20.2 Å². The van der Waals surface area contributed by atoms with Crippen LogP contribution in [0.15, 0.2) is 83.8 Å². The van der Waals surface area contributed by atoms with Crippen LogP contribution < -0.4 is 15.4 Å². The largest absolute Gasteiger partial charge is 0.394 e. The molecule has 10 heteroatoms. The van der Waals surface area contributed by atoms with Gasteiger partial charge >= 0.3 is 0 Å². The van der Waals surface area contributed by atoms with Gasteiger partial charge in [-0.05, 0) is 67.9 Å². The number of sulfonamides is 1. The molecule has 4 N–H and O–H groups in total. The van der Waals surface area contributed by atoms with Crippen molar-refractivity contribution in [3.05, 3.63) is 95.8 Å². The Bertz CT molecular complexity index is 1370. The minimum absolute atomic E-state index is 0.0391. The van der Waals surface area contributed by atoms with E-state index >= 15 is 0 Å². The smallest absolute Gasteiger partial charge is 0.251 e. The topological polar surface area (TPSA) is 125 Å². The van der Waals surface area contributed by atoms with E-state index in [1.807, 2.05) is 44.2 Å².